The van der Waals surface area contributed by atoms with Gasteiger partial charge in [0.2, 0.25) is 0 Å². The summed E-state index contributed by atoms with van der Waals surface area (Å²) in [6.07, 6.45) is 4.91. The second-order valence-electron chi connectivity index (χ2n) is 3.52. The van der Waals surface area contributed by atoms with Crippen molar-refractivity contribution in [3.8, 4) is 11.8 Å². The molecule has 17 heavy (non-hydrogen) atoms. The lowest BCUT2D eigenvalue weighted by atomic mass is 10.2. The van der Waals surface area contributed by atoms with E-state index in [1.165, 1.54) is 11.9 Å². The Morgan fingerprint density at radius 2 is 1.82 bits per heavy atom. The molecule has 2 aromatic rings. The molecule has 2 rings (SSSR count). The fourth-order valence-corrected chi connectivity index (χ4v) is 1.38. The fraction of sp³-hybridized carbons (Fsp3) is 0.143. The van der Waals surface area contributed by atoms with Crippen LogP contribution in [0.15, 0.2) is 49.1 Å². The maximum absolute atomic E-state index is 3.90. The van der Waals surface area contributed by atoms with Crippen molar-refractivity contribution in [2.24, 2.45) is 0 Å². The molecular weight excluding hydrogens is 210 g/mol. The Hall–Kier alpha value is -2.18. The van der Waals surface area contributed by atoms with Gasteiger partial charge in [-0.3, -0.25) is 0 Å². The molecule has 0 saturated carbocycles. The van der Waals surface area contributed by atoms with E-state index in [9.17, 15) is 0 Å². The number of hydrogen-bond acceptors (Lipinski definition) is 3. The van der Waals surface area contributed by atoms with Crippen molar-refractivity contribution in [1.29, 1.82) is 0 Å². The van der Waals surface area contributed by atoms with Crippen LogP contribution in [0.2, 0.25) is 0 Å². The minimum Gasteiger partial charge on any atom is -0.302 e. The minimum absolute atomic E-state index is 0.657. The highest BCUT2D eigenvalue weighted by molar-refractivity contribution is 5.29. The van der Waals surface area contributed by atoms with Crippen LogP contribution in [0.4, 0.5) is 0 Å². The van der Waals surface area contributed by atoms with Gasteiger partial charge in [-0.15, -0.1) is 0 Å². The summed E-state index contributed by atoms with van der Waals surface area (Å²) < 4.78 is 0. The standard InChI is InChI=1S/C14H13N3/c1-2-5-13(6-3-1)9-15-8-4-7-14-10-16-12-17-11-14/h1-3,5-6,10-12,15H,8-9H2. The highest BCUT2D eigenvalue weighted by Gasteiger charge is 1.88. The first-order chi connectivity index (χ1) is 8.45. The third-order valence-corrected chi connectivity index (χ3v) is 2.18. The van der Waals surface area contributed by atoms with E-state index in [1.807, 2.05) is 18.2 Å². The van der Waals surface area contributed by atoms with Gasteiger partial charge in [0, 0.05) is 18.9 Å². The SMILES string of the molecule is C(#Cc1cncnc1)CNCc1ccccc1. The summed E-state index contributed by atoms with van der Waals surface area (Å²) in [7, 11) is 0. The molecule has 1 heterocycles. The van der Waals surface area contributed by atoms with E-state index in [0.29, 0.717) is 6.54 Å². The average Bonchev–Trinajstić information content (AvgIpc) is 2.41. The molecule has 0 saturated heterocycles. The Labute approximate surface area is 101 Å². The third kappa shape index (κ3) is 4.06. The molecule has 0 fully saturated rings. The van der Waals surface area contributed by atoms with Crippen LogP contribution in [0.5, 0.6) is 0 Å². The maximum Gasteiger partial charge on any atom is 0.115 e. The molecule has 1 aromatic heterocycles. The Morgan fingerprint density at radius 3 is 2.59 bits per heavy atom. The topological polar surface area (TPSA) is 37.8 Å². The fourth-order valence-electron chi connectivity index (χ4n) is 1.38. The first-order valence-electron chi connectivity index (χ1n) is 5.44. The van der Waals surface area contributed by atoms with Crippen molar-refractivity contribution >= 4 is 0 Å². The highest BCUT2D eigenvalue weighted by atomic mass is 14.8. The third-order valence-electron chi connectivity index (χ3n) is 2.18. The molecule has 0 aliphatic carbocycles. The number of nitrogens with one attached hydrogen (secondary N) is 1. The van der Waals surface area contributed by atoms with Crippen LogP contribution in [0.1, 0.15) is 11.1 Å². The summed E-state index contributed by atoms with van der Waals surface area (Å²) >= 11 is 0. The van der Waals surface area contributed by atoms with E-state index in [0.717, 1.165) is 12.1 Å². The van der Waals surface area contributed by atoms with E-state index in [2.05, 4.69) is 39.3 Å². The van der Waals surface area contributed by atoms with E-state index in [-0.39, 0.29) is 0 Å². The maximum atomic E-state index is 3.90. The van der Waals surface area contributed by atoms with Crippen LogP contribution in [0, 0.1) is 11.8 Å². The number of hydrogen-bond donors (Lipinski definition) is 1. The van der Waals surface area contributed by atoms with Gasteiger partial charge in [0.15, 0.2) is 0 Å². The molecule has 1 N–H and O–H groups in total. The smallest absolute Gasteiger partial charge is 0.115 e. The lowest BCUT2D eigenvalue weighted by Crippen LogP contribution is -2.12. The number of nitrogens with zero attached hydrogens (tertiary/aromatic N) is 2. The predicted octanol–water partition coefficient (Wildman–Crippen LogP) is 1.62. The Morgan fingerprint density at radius 1 is 1.06 bits per heavy atom. The quantitative estimate of drug-likeness (QED) is 0.634. The predicted molar refractivity (Wildman–Crippen MR) is 67.1 cm³/mol. The van der Waals surface area contributed by atoms with Crippen molar-refractivity contribution in [3.63, 3.8) is 0 Å². The Kier molecular flexibility index (Phi) is 4.27. The van der Waals surface area contributed by atoms with Crippen molar-refractivity contribution < 1.29 is 0 Å². The largest absolute Gasteiger partial charge is 0.302 e. The monoisotopic (exact) mass is 223 g/mol. The van der Waals surface area contributed by atoms with Gasteiger partial charge in [-0.25, -0.2) is 9.97 Å². The first kappa shape index (κ1) is 11.3. The van der Waals surface area contributed by atoms with Crippen LogP contribution in [-0.4, -0.2) is 16.5 Å². The van der Waals surface area contributed by atoms with Crippen molar-refractivity contribution in [1.82, 2.24) is 15.3 Å². The highest BCUT2D eigenvalue weighted by Crippen LogP contribution is 1.96. The molecular formula is C14H13N3. The van der Waals surface area contributed by atoms with Gasteiger partial charge in [0.05, 0.1) is 12.1 Å². The van der Waals surface area contributed by atoms with Crippen molar-refractivity contribution in [3.05, 3.63) is 60.2 Å². The lowest BCUT2D eigenvalue weighted by Gasteiger charge is -1.99. The van der Waals surface area contributed by atoms with Crippen molar-refractivity contribution in [2.75, 3.05) is 6.54 Å². The summed E-state index contributed by atoms with van der Waals surface area (Å²) in [5.41, 5.74) is 2.10. The van der Waals surface area contributed by atoms with E-state index < -0.39 is 0 Å². The zero-order chi connectivity index (χ0) is 11.8. The number of benzene rings is 1. The first-order valence-corrected chi connectivity index (χ1v) is 5.44. The summed E-state index contributed by atoms with van der Waals surface area (Å²) in [5.74, 6) is 6.02. The normalized spacial score (nSPS) is 9.41. The van der Waals surface area contributed by atoms with E-state index in [1.54, 1.807) is 12.4 Å². The van der Waals surface area contributed by atoms with Crippen LogP contribution >= 0.6 is 0 Å². The van der Waals surface area contributed by atoms with Crippen LogP contribution in [-0.2, 0) is 6.54 Å². The molecule has 3 heteroatoms. The zero-order valence-electron chi connectivity index (χ0n) is 9.43. The number of aromatic nitrogens is 2. The van der Waals surface area contributed by atoms with Gasteiger partial charge in [0.1, 0.15) is 6.33 Å². The molecule has 0 radical (unpaired) electrons. The van der Waals surface area contributed by atoms with Gasteiger partial charge < -0.3 is 5.32 Å². The molecule has 0 unspecified atom stereocenters. The zero-order valence-corrected chi connectivity index (χ0v) is 9.43. The molecule has 0 atom stereocenters. The Balaban J connectivity index is 1.76. The van der Waals surface area contributed by atoms with Gasteiger partial charge in [-0.1, -0.05) is 42.2 Å². The molecule has 84 valence electrons. The van der Waals surface area contributed by atoms with Gasteiger partial charge in [0.25, 0.3) is 0 Å². The van der Waals surface area contributed by atoms with Crippen LogP contribution in [0.25, 0.3) is 0 Å². The van der Waals surface area contributed by atoms with Gasteiger partial charge in [-0.05, 0) is 5.56 Å². The van der Waals surface area contributed by atoms with Gasteiger partial charge >= 0.3 is 0 Å². The lowest BCUT2D eigenvalue weighted by molar-refractivity contribution is 0.770. The molecule has 0 amide bonds. The summed E-state index contributed by atoms with van der Waals surface area (Å²) in [6, 6.07) is 10.3. The molecule has 0 spiro atoms. The van der Waals surface area contributed by atoms with E-state index >= 15 is 0 Å². The molecule has 1 aromatic carbocycles. The second kappa shape index (κ2) is 6.41. The minimum atomic E-state index is 0.657. The van der Waals surface area contributed by atoms with Gasteiger partial charge in [-0.2, -0.15) is 0 Å². The van der Waals surface area contributed by atoms with Crippen molar-refractivity contribution in [2.45, 2.75) is 6.54 Å². The number of rotatable bonds is 3. The average molecular weight is 223 g/mol. The Bertz CT molecular complexity index is 497. The molecule has 0 bridgehead atoms. The molecule has 0 aliphatic heterocycles. The molecule has 3 nitrogen and oxygen atoms in total. The van der Waals surface area contributed by atoms with E-state index in [4.69, 9.17) is 0 Å². The molecule has 0 aliphatic rings. The van der Waals surface area contributed by atoms with Crippen LogP contribution < -0.4 is 5.32 Å². The summed E-state index contributed by atoms with van der Waals surface area (Å²) in [6.45, 7) is 1.49. The van der Waals surface area contributed by atoms with Crippen LogP contribution in [0.3, 0.4) is 0 Å². The summed E-state index contributed by atoms with van der Waals surface area (Å²) in [4.78, 5) is 7.79. The second-order valence-corrected chi connectivity index (χ2v) is 3.52. The summed E-state index contributed by atoms with van der Waals surface area (Å²) in [5, 5.41) is 3.26.